The number of H-pyrrole nitrogens is 1. The lowest BCUT2D eigenvalue weighted by Gasteiger charge is -2.28. The Kier molecular flexibility index (Phi) is 5.52. The average Bonchev–Trinajstić information content (AvgIpc) is 3.34. The second kappa shape index (κ2) is 7.85. The summed E-state index contributed by atoms with van der Waals surface area (Å²) in [6, 6.07) is 6.25. The highest BCUT2D eigenvalue weighted by Gasteiger charge is 2.49. The van der Waals surface area contributed by atoms with E-state index in [1.165, 1.54) is 4.90 Å². The minimum atomic E-state index is -1.36. The molecule has 2 aliphatic heterocycles. The number of rotatable bonds is 5. The third-order valence-electron chi connectivity index (χ3n) is 5.62. The minimum Gasteiger partial charge on any atom is -0.381 e. The number of carbonyl (C=O) groups is 2. The van der Waals surface area contributed by atoms with Crippen molar-refractivity contribution < 1.29 is 24.2 Å². The van der Waals surface area contributed by atoms with Crippen molar-refractivity contribution in [3.05, 3.63) is 35.0 Å². The average molecular weight is 436 g/mol. The number of likely N-dealkylation sites (tertiary alicyclic amines) is 1. The van der Waals surface area contributed by atoms with E-state index in [1.54, 1.807) is 31.2 Å². The van der Waals surface area contributed by atoms with Crippen LogP contribution in [-0.4, -0.2) is 70.0 Å². The molecule has 0 bridgehead atoms. The molecule has 30 heavy (non-hydrogen) atoms. The van der Waals surface area contributed by atoms with Crippen LogP contribution in [-0.2, 0) is 14.3 Å². The van der Waals surface area contributed by atoms with Crippen LogP contribution in [0, 0.1) is 0 Å². The van der Waals surface area contributed by atoms with Gasteiger partial charge in [-0.1, -0.05) is 18.5 Å². The van der Waals surface area contributed by atoms with E-state index in [0.29, 0.717) is 30.2 Å². The lowest BCUT2D eigenvalue weighted by Crippen LogP contribution is -2.51. The van der Waals surface area contributed by atoms with Gasteiger partial charge in [0.2, 0.25) is 0 Å². The van der Waals surface area contributed by atoms with E-state index < -0.39 is 29.7 Å². The normalized spacial score (nSPS) is 24.6. The van der Waals surface area contributed by atoms with Gasteiger partial charge < -0.3 is 29.8 Å². The number of nitrogens with zero attached hydrogens (tertiary/aromatic N) is 1. The molecular weight excluding hydrogens is 410 g/mol. The molecule has 0 aliphatic carbocycles. The Balaban J connectivity index is 1.40. The molecule has 9 heteroatoms. The van der Waals surface area contributed by atoms with Crippen LogP contribution in [0.4, 0.5) is 0 Å². The first-order chi connectivity index (χ1) is 14.2. The maximum absolute atomic E-state index is 12.8. The first-order valence-corrected chi connectivity index (χ1v) is 10.5. The molecule has 0 radical (unpaired) electrons. The fourth-order valence-corrected chi connectivity index (χ4v) is 4.32. The molecule has 0 saturated carbocycles. The maximum Gasteiger partial charge on any atom is 0.268 e. The van der Waals surface area contributed by atoms with E-state index in [0.717, 1.165) is 10.9 Å². The van der Waals surface area contributed by atoms with E-state index in [9.17, 15) is 14.7 Å². The van der Waals surface area contributed by atoms with Gasteiger partial charge in [0.25, 0.3) is 11.8 Å². The zero-order valence-electron chi connectivity index (χ0n) is 17.1. The van der Waals surface area contributed by atoms with Gasteiger partial charge in [-0.05, 0) is 44.5 Å². The SMILES string of the molecule is CCC(NC(=O)c1cc2cc(Cl)ccc2[nH]1)C(O)C(=O)N1CC2OC(C)(C)OC2C1. The predicted octanol–water partition coefficient (Wildman–Crippen LogP) is 2.05. The van der Waals surface area contributed by atoms with Gasteiger partial charge in [0.15, 0.2) is 11.9 Å². The molecule has 2 aromatic rings. The van der Waals surface area contributed by atoms with Crippen LogP contribution in [0.3, 0.4) is 0 Å². The van der Waals surface area contributed by atoms with Crippen LogP contribution in [0.15, 0.2) is 24.3 Å². The molecule has 4 atom stereocenters. The van der Waals surface area contributed by atoms with Gasteiger partial charge in [-0.15, -0.1) is 0 Å². The summed E-state index contributed by atoms with van der Waals surface area (Å²) in [7, 11) is 0. The number of aliphatic hydroxyl groups is 1. The molecule has 4 unspecified atom stereocenters. The van der Waals surface area contributed by atoms with Crippen molar-refractivity contribution in [2.45, 2.75) is 57.3 Å². The molecule has 8 nitrogen and oxygen atoms in total. The van der Waals surface area contributed by atoms with Crippen LogP contribution < -0.4 is 5.32 Å². The highest BCUT2D eigenvalue weighted by Crippen LogP contribution is 2.33. The Morgan fingerprint density at radius 1 is 1.30 bits per heavy atom. The molecule has 1 aromatic carbocycles. The zero-order valence-corrected chi connectivity index (χ0v) is 17.9. The molecule has 2 saturated heterocycles. The number of hydrogen-bond donors (Lipinski definition) is 3. The van der Waals surface area contributed by atoms with Crippen LogP contribution in [0.25, 0.3) is 10.9 Å². The summed E-state index contributed by atoms with van der Waals surface area (Å²) in [5.41, 5.74) is 1.12. The molecule has 2 aliphatic rings. The van der Waals surface area contributed by atoms with Gasteiger partial charge in [-0.2, -0.15) is 0 Å². The van der Waals surface area contributed by atoms with Crippen molar-refractivity contribution in [3.63, 3.8) is 0 Å². The predicted molar refractivity (Wildman–Crippen MR) is 111 cm³/mol. The molecule has 2 fully saturated rings. The van der Waals surface area contributed by atoms with Gasteiger partial charge in [0.05, 0.1) is 6.04 Å². The van der Waals surface area contributed by atoms with Gasteiger partial charge >= 0.3 is 0 Å². The first kappa shape index (κ1) is 21.1. The number of fused-ring (bicyclic) bond motifs is 2. The summed E-state index contributed by atoms with van der Waals surface area (Å²) in [5, 5.41) is 14.8. The third-order valence-corrected chi connectivity index (χ3v) is 5.85. The number of aliphatic hydroxyl groups excluding tert-OH is 1. The monoisotopic (exact) mass is 435 g/mol. The standard InChI is InChI=1S/C21H26ClN3O5/c1-4-13(24-19(27)15-8-11-7-12(22)5-6-14(11)23-15)18(26)20(28)25-9-16-17(10-25)30-21(2,3)29-16/h5-8,13,16-18,23,26H,4,9-10H2,1-3H3,(H,24,27). The Morgan fingerprint density at radius 3 is 2.60 bits per heavy atom. The summed E-state index contributed by atoms with van der Waals surface area (Å²) in [6.45, 7) is 6.20. The summed E-state index contributed by atoms with van der Waals surface area (Å²) in [4.78, 5) is 30.1. The van der Waals surface area contributed by atoms with Crippen molar-refractivity contribution in [2.75, 3.05) is 13.1 Å². The molecule has 0 spiro atoms. The molecule has 2 amide bonds. The number of halogens is 1. The van der Waals surface area contributed by atoms with E-state index in [2.05, 4.69) is 10.3 Å². The largest absolute Gasteiger partial charge is 0.381 e. The number of carbonyl (C=O) groups excluding carboxylic acids is 2. The number of amides is 2. The van der Waals surface area contributed by atoms with E-state index >= 15 is 0 Å². The van der Waals surface area contributed by atoms with Gasteiger partial charge in [-0.25, -0.2) is 0 Å². The van der Waals surface area contributed by atoms with Gasteiger partial charge in [0, 0.05) is 29.0 Å². The van der Waals surface area contributed by atoms with E-state index in [4.69, 9.17) is 21.1 Å². The number of nitrogens with one attached hydrogen (secondary N) is 2. The summed E-state index contributed by atoms with van der Waals surface area (Å²) < 4.78 is 11.6. The number of hydrogen-bond acceptors (Lipinski definition) is 5. The van der Waals surface area contributed by atoms with Crippen molar-refractivity contribution in [2.24, 2.45) is 0 Å². The Bertz CT molecular complexity index is 959. The lowest BCUT2D eigenvalue weighted by atomic mass is 10.1. The van der Waals surface area contributed by atoms with Crippen molar-refractivity contribution in [1.82, 2.24) is 15.2 Å². The van der Waals surface area contributed by atoms with E-state index in [-0.39, 0.29) is 12.2 Å². The highest BCUT2D eigenvalue weighted by molar-refractivity contribution is 6.31. The summed E-state index contributed by atoms with van der Waals surface area (Å²) in [6.07, 6.45) is -1.37. The summed E-state index contributed by atoms with van der Waals surface area (Å²) >= 11 is 6.00. The van der Waals surface area contributed by atoms with Crippen LogP contribution in [0.2, 0.25) is 5.02 Å². The quantitative estimate of drug-likeness (QED) is 0.666. The Hall–Kier alpha value is -2.13. The smallest absolute Gasteiger partial charge is 0.268 e. The lowest BCUT2D eigenvalue weighted by molar-refractivity contribution is -0.163. The van der Waals surface area contributed by atoms with Gasteiger partial charge in [0.1, 0.15) is 17.9 Å². The van der Waals surface area contributed by atoms with Crippen LogP contribution in [0.5, 0.6) is 0 Å². The Morgan fingerprint density at radius 2 is 1.97 bits per heavy atom. The van der Waals surface area contributed by atoms with Crippen molar-refractivity contribution in [1.29, 1.82) is 0 Å². The van der Waals surface area contributed by atoms with Crippen molar-refractivity contribution in [3.8, 4) is 0 Å². The number of benzene rings is 1. The third kappa shape index (κ3) is 4.05. The number of aromatic nitrogens is 1. The molecule has 162 valence electrons. The fraction of sp³-hybridized carbons (Fsp3) is 0.524. The van der Waals surface area contributed by atoms with E-state index in [1.807, 2.05) is 13.8 Å². The minimum absolute atomic E-state index is 0.205. The second-order valence-electron chi connectivity index (χ2n) is 8.30. The molecule has 3 N–H and O–H groups in total. The maximum atomic E-state index is 12.8. The fourth-order valence-electron chi connectivity index (χ4n) is 4.14. The molecule has 1 aromatic heterocycles. The van der Waals surface area contributed by atoms with Crippen molar-refractivity contribution >= 4 is 34.3 Å². The Labute approximate surface area is 179 Å². The molecule has 4 rings (SSSR count). The zero-order chi connectivity index (χ0) is 21.6. The van der Waals surface area contributed by atoms with Crippen LogP contribution in [0.1, 0.15) is 37.7 Å². The van der Waals surface area contributed by atoms with Crippen LogP contribution >= 0.6 is 11.6 Å². The molecule has 3 heterocycles. The second-order valence-corrected chi connectivity index (χ2v) is 8.74. The summed E-state index contributed by atoms with van der Waals surface area (Å²) in [5.74, 6) is -1.50. The number of ether oxygens (including phenoxy) is 2. The van der Waals surface area contributed by atoms with Gasteiger partial charge in [-0.3, -0.25) is 9.59 Å². The number of aromatic amines is 1. The first-order valence-electron chi connectivity index (χ1n) is 10.1. The molecular formula is C21H26ClN3O5. The highest BCUT2D eigenvalue weighted by atomic mass is 35.5. The topological polar surface area (TPSA) is 104 Å².